The molecule has 278 valence electrons. The minimum Gasteiger partial charge on any atom is -0.490 e. The first-order chi connectivity index (χ1) is 26.7. The summed E-state index contributed by atoms with van der Waals surface area (Å²) in [5.74, 6) is -0.644. The van der Waals surface area contributed by atoms with Gasteiger partial charge < -0.3 is 14.4 Å². The molecule has 0 radical (unpaired) electrons. The predicted molar refractivity (Wildman–Crippen MR) is 216 cm³/mol. The van der Waals surface area contributed by atoms with Crippen LogP contribution in [0.4, 0.5) is 16.2 Å². The molecule has 0 unspecified atom stereocenters. The molecule has 55 heavy (non-hydrogen) atoms. The molecule has 1 N–H and O–H groups in total. The van der Waals surface area contributed by atoms with Crippen molar-refractivity contribution in [3.05, 3.63) is 158 Å². The van der Waals surface area contributed by atoms with Gasteiger partial charge in [0.05, 0.1) is 17.3 Å². The van der Waals surface area contributed by atoms with Gasteiger partial charge in [-0.2, -0.15) is 0 Å². The van der Waals surface area contributed by atoms with Gasteiger partial charge in [0.15, 0.2) is 11.5 Å². The molecule has 1 fully saturated rings. The molecule has 0 bridgehead atoms. The Morgan fingerprint density at radius 3 is 2.02 bits per heavy atom. The van der Waals surface area contributed by atoms with E-state index in [1.54, 1.807) is 12.1 Å². The lowest BCUT2D eigenvalue weighted by Crippen LogP contribution is -2.54. The first-order valence-corrected chi connectivity index (χ1v) is 19.2. The number of carbonyl (C=O) groups is 3. The summed E-state index contributed by atoms with van der Waals surface area (Å²) in [6.45, 7) is 8.39. The molecule has 1 saturated heterocycles. The van der Waals surface area contributed by atoms with E-state index in [1.165, 1.54) is 28.5 Å². The Morgan fingerprint density at radius 2 is 1.42 bits per heavy atom. The molecule has 9 heteroatoms. The maximum atomic E-state index is 14.5. The molecule has 2 atom stereocenters. The maximum Gasteiger partial charge on any atom is 0.335 e. The lowest BCUT2D eigenvalue weighted by Gasteiger charge is -2.44. The van der Waals surface area contributed by atoms with Crippen molar-refractivity contribution in [2.24, 2.45) is 0 Å². The van der Waals surface area contributed by atoms with E-state index in [1.807, 2.05) is 67.6 Å². The average Bonchev–Trinajstić information content (AvgIpc) is 3.18. The molecule has 4 amide bonds. The summed E-state index contributed by atoms with van der Waals surface area (Å²) in [4.78, 5) is 45.1. The highest BCUT2D eigenvalue weighted by Gasteiger charge is 2.40. The lowest BCUT2D eigenvalue weighted by atomic mass is 9.76. The van der Waals surface area contributed by atoms with Crippen LogP contribution in [0.25, 0.3) is 6.08 Å². The van der Waals surface area contributed by atoms with Crippen molar-refractivity contribution in [1.82, 2.24) is 5.32 Å². The number of nitrogens with one attached hydrogen (secondary N) is 1. The van der Waals surface area contributed by atoms with Gasteiger partial charge in [0.1, 0.15) is 12.2 Å². The third-order valence-electron chi connectivity index (χ3n) is 11.0. The number of benzene rings is 5. The van der Waals surface area contributed by atoms with Gasteiger partial charge >= 0.3 is 6.03 Å². The molecule has 3 aliphatic rings. The quantitative estimate of drug-likeness (QED) is 0.119. The number of barbiturate groups is 1. The summed E-state index contributed by atoms with van der Waals surface area (Å²) in [6.07, 6.45) is 3.24. The Bertz CT molecular complexity index is 2270. The van der Waals surface area contributed by atoms with Crippen LogP contribution in [-0.4, -0.2) is 37.5 Å². The summed E-state index contributed by atoms with van der Waals surface area (Å²) in [5.41, 5.74) is 9.66. The Morgan fingerprint density at radius 1 is 0.782 bits per heavy atom. The molecule has 8 nitrogen and oxygen atoms in total. The number of hydrogen-bond acceptors (Lipinski definition) is 6. The van der Waals surface area contributed by atoms with Crippen LogP contribution in [0.1, 0.15) is 76.1 Å². The van der Waals surface area contributed by atoms with Gasteiger partial charge in [0, 0.05) is 30.6 Å². The van der Waals surface area contributed by atoms with Crippen LogP contribution in [0.5, 0.6) is 11.5 Å². The van der Waals surface area contributed by atoms with Gasteiger partial charge in [-0.15, -0.1) is 0 Å². The fourth-order valence-corrected chi connectivity index (χ4v) is 8.42. The highest BCUT2D eigenvalue weighted by atomic mass is 35.5. The van der Waals surface area contributed by atoms with Crippen molar-refractivity contribution in [3.63, 3.8) is 0 Å². The third kappa shape index (κ3) is 6.98. The Balaban J connectivity index is 1.18. The number of ether oxygens (including phenoxy) is 2. The van der Waals surface area contributed by atoms with E-state index in [4.69, 9.17) is 21.1 Å². The smallest absolute Gasteiger partial charge is 0.335 e. The molecule has 0 saturated carbocycles. The number of imide groups is 2. The highest BCUT2D eigenvalue weighted by molar-refractivity contribution is 6.39. The van der Waals surface area contributed by atoms with Crippen molar-refractivity contribution in [3.8, 4) is 11.5 Å². The molecule has 8 rings (SSSR count). The number of anilines is 2. The van der Waals surface area contributed by atoms with E-state index in [2.05, 4.69) is 54.4 Å². The molecule has 0 spiro atoms. The number of hydrogen-bond donors (Lipinski definition) is 1. The predicted octanol–water partition coefficient (Wildman–Crippen LogP) is 9.48. The van der Waals surface area contributed by atoms with Crippen molar-refractivity contribution in [2.45, 2.75) is 52.1 Å². The number of nitrogens with zero attached hydrogens (tertiary/aromatic N) is 2. The minimum absolute atomic E-state index is 0.0650. The maximum absolute atomic E-state index is 14.5. The topological polar surface area (TPSA) is 88.2 Å². The number of urea groups is 1. The molecule has 3 heterocycles. The monoisotopic (exact) mass is 751 g/mol. The standard InChI is InChI=1S/C46H42ClN3O5/c1-4-54-41-24-31(23-40(47)43(41)55-27-30-16-15-28(2)29(3)21-30)22-39-44(51)48-46(53)50(45(39)52)34-25-37-35(32-11-7-5-8-12-32)17-19-49-20-18-36(38(26-34)42(37)49)33-13-9-6-10-14-33/h5-16,21-26,35-36H,4,17-20,27H2,1-3H3,(H,48,51,53)/b39-22+/t35-,36-/m0/s1. The van der Waals surface area contributed by atoms with Crippen LogP contribution < -0.4 is 24.6 Å². The van der Waals surface area contributed by atoms with Crippen molar-refractivity contribution >= 4 is 46.9 Å². The minimum atomic E-state index is -0.793. The first kappa shape index (κ1) is 36.1. The van der Waals surface area contributed by atoms with E-state index in [0.29, 0.717) is 29.4 Å². The number of aryl methyl sites for hydroxylation is 2. The van der Waals surface area contributed by atoms with Crippen molar-refractivity contribution in [1.29, 1.82) is 0 Å². The molecule has 0 aliphatic carbocycles. The first-order valence-electron chi connectivity index (χ1n) is 18.8. The largest absolute Gasteiger partial charge is 0.490 e. The highest BCUT2D eigenvalue weighted by Crippen LogP contribution is 2.50. The summed E-state index contributed by atoms with van der Waals surface area (Å²) in [5, 5.41) is 2.69. The second-order valence-corrected chi connectivity index (χ2v) is 14.8. The normalized spacial score (nSPS) is 18.6. The summed E-state index contributed by atoms with van der Waals surface area (Å²) in [6, 6.07) is 33.3. The number of halogens is 1. The van der Waals surface area contributed by atoms with E-state index >= 15 is 0 Å². The molecule has 5 aromatic rings. The van der Waals surface area contributed by atoms with E-state index in [9.17, 15) is 14.4 Å². The number of carbonyl (C=O) groups excluding carboxylic acids is 3. The molecule has 0 aromatic heterocycles. The summed E-state index contributed by atoms with van der Waals surface area (Å²) >= 11 is 6.79. The van der Waals surface area contributed by atoms with Gasteiger partial charge in [0.2, 0.25) is 0 Å². The van der Waals surface area contributed by atoms with Crippen LogP contribution in [-0.2, 0) is 16.2 Å². The molecule has 3 aliphatic heterocycles. The Kier molecular flexibility index (Phi) is 9.93. The molecule has 5 aromatic carbocycles. The van der Waals surface area contributed by atoms with Gasteiger partial charge in [-0.05, 0) is 108 Å². The van der Waals surface area contributed by atoms with Crippen LogP contribution in [0.2, 0.25) is 5.02 Å². The van der Waals surface area contributed by atoms with E-state index < -0.39 is 17.8 Å². The van der Waals surface area contributed by atoms with Gasteiger partial charge in [-0.1, -0.05) is 90.5 Å². The second kappa shape index (κ2) is 15.1. The average molecular weight is 752 g/mol. The molecular weight excluding hydrogens is 710 g/mol. The van der Waals surface area contributed by atoms with Crippen LogP contribution >= 0.6 is 11.6 Å². The lowest BCUT2D eigenvalue weighted by molar-refractivity contribution is -0.122. The fourth-order valence-electron chi connectivity index (χ4n) is 8.15. The van der Waals surface area contributed by atoms with Crippen LogP contribution in [0.15, 0.2) is 109 Å². The fraction of sp³-hybridized carbons (Fsp3) is 0.239. The Labute approximate surface area is 326 Å². The van der Waals surface area contributed by atoms with Crippen LogP contribution in [0.3, 0.4) is 0 Å². The van der Waals surface area contributed by atoms with Gasteiger partial charge in [-0.3, -0.25) is 14.9 Å². The molecular formula is C46H42ClN3O5. The zero-order valence-electron chi connectivity index (χ0n) is 31.1. The summed E-state index contributed by atoms with van der Waals surface area (Å²) < 4.78 is 12.1. The number of amides is 4. The SMILES string of the molecule is CCOc1cc(/C=C2\C(=O)NC(=O)N(c3cc4c5c(c3)[C@H](c3ccccc3)CCN5CC[C@H]4c3ccccc3)C2=O)cc(Cl)c1OCc1ccc(C)c(C)c1. The second-order valence-electron chi connectivity index (χ2n) is 14.4. The van der Waals surface area contributed by atoms with Gasteiger partial charge in [-0.25, -0.2) is 9.69 Å². The van der Waals surface area contributed by atoms with E-state index in [0.717, 1.165) is 53.1 Å². The number of rotatable bonds is 9. The third-order valence-corrected chi connectivity index (χ3v) is 11.2. The Hall–Kier alpha value is -5.86. The zero-order chi connectivity index (χ0) is 38.2. The van der Waals surface area contributed by atoms with Crippen LogP contribution in [0, 0.1) is 13.8 Å². The zero-order valence-corrected chi connectivity index (χ0v) is 31.9. The van der Waals surface area contributed by atoms with Gasteiger partial charge in [0.25, 0.3) is 11.8 Å². The summed E-state index contributed by atoms with van der Waals surface area (Å²) in [7, 11) is 0. The van der Waals surface area contributed by atoms with E-state index in [-0.39, 0.29) is 29.0 Å². The van der Waals surface area contributed by atoms with Crippen molar-refractivity contribution < 1.29 is 23.9 Å². The van der Waals surface area contributed by atoms with Crippen molar-refractivity contribution in [2.75, 3.05) is 29.5 Å².